The summed E-state index contributed by atoms with van der Waals surface area (Å²) in [5, 5.41) is 6.77. The number of hydrogen-bond acceptors (Lipinski definition) is 4. The summed E-state index contributed by atoms with van der Waals surface area (Å²) < 4.78 is 11.1. The van der Waals surface area contributed by atoms with Gasteiger partial charge < -0.3 is 25.0 Å². The molecule has 140 valence electrons. The minimum absolute atomic E-state index is 0.282. The molecule has 1 aromatic carbocycles. The molecule has 0 aliphatic carbocycles. The van der Waals surface area contributed by atoms with Crippen LogP contribution in [0, 0.1) is 0 Å². The second-order valence-corrected chi connectivity index (χ2v) is 6.48. The van der Waals surface area contributed by atoms with E-state index in [1.54, 1.807) is 7.05 Å². The summed E-state index contributed by atoms with van der Waals surface area (Å²) >= 11 is 0. The van der Waals surface area contributed by atoms with Crippen LogP contribution in [0.3, 0.4) is 0 Å². The molecule has 2 atom stereocenters. The number of likely N-dealkylation sites (N-methyl/N-ethyl adjacent to an activating group) is 1. The number of hydrogen-bond donors (Lipinski definition) is 2. The highest BCUT2D eigenvalue weighted by Gasteiger charge is 2.16. The second kappa shape index (κ2) is 11.1. The fraction of sp³-hybridized carbons (Fsp3) is 0.632. The lowest BCUT2D eigenvalue weighted by atomic mass is 10.1. The number of guanidine groups is 1. The minimum atomic E-state index is 0.282. The lowest BCUT2D eigenvalue weighted by Gasteiger charge is -2.26. The normalized spacial score (nSPS) is 19.2. The van der Waals surface area contributed by atoms with E-state index in [-0.39, 0.29) is 6.10 Å². The van der Waals surface area contributed by atoms with Gasteiger partial charge in [-0.05, 0) is 32.5 Å². The van der Waals surface area contributed by atoms with Gasteiger partial charge in [0.1, 0.15) is 0 Å². The first-order valence-corrected chi connectivity index (χ1v) is 9.06. The van der Waals surface area contributed by atoms with Gasteiger partial charge in [-0.1, -0.05) is 30.3 Å². The maximum atomic E-state index is 5.77. The quantitative estimate of drug-likeness (QED) is 0.404. The SMILES string of the molecule is CN=C(NCCCOC1CCOC1)NCC(c1ccccc1)N(C)C. The van der Waals surface area contributed by atoms with E-state index < -0.39 is 0 Å². The summed E-state index contributed by atoms with van der Waals surface area (Å²) in [6.45, 7) is 3.95. The Bertz CT molecular complexity index is 501. The van der Waals surface area contributed by atoms with Gasteiger partial charge in [0.15, 0.2) is 5.96 Å². The monoisotopic (exact) mass is 348 g/mol. The summed E-state index contributed by atoms with van der Waals surface area (Å²) in [6, 6.07) is 10.8. The summed E-state index contributed by atoms with van der Waals surface area (Å²) in [5.41, 5.74) is 1.29. The molecule has 2 rings (SSSR count). The van der Waals surface area contributed by atoms with Crippen LogP contribution in [0.4, 0.5) is 0 Å². The van der Waals surface area contributed by atoms with Gasteiger partial charge in [-0.3, -0.25) is 4.99 Å². The van der Waals surface area contributed by atoms with Gasteiger partial charge in [-0.15, -0.1) is 0 Å². The standard InChI is InChI=1S/C19H32N4O2/c1-20-19(21-11-7-12-25-17-10-13-24-15-17)22-14-18(23(2)3)16-8-5-4-6-9-16/h4-6,8-9,17-18H,7,10-15H2,1-3H3,(H2,20,21,22). The number of rotatable bonds is 9. The fourth-order valence-electron chi connectivity index (χ4n) is 2.86. The zero-order valence-electron chi connectivity index (χ0n) is 15.7. The van der Waals surface area contributed by atoms with Gasteiger partial charge in [0.2, 0.25) is 0 Å². The Morgan fingerprint density at radius 1 is 1.32 bits per heavy atom. The number of nitrogens with one attached hydrogen (secondary N) is 2. The van der Waals surface area contributed by atoms with E-state index in [0.29, 0.717) is 6.04 Å². The molecule has 1 aliphatic rings. The molecule has 6 heteroatoms. The number of nitrogens with zero attached hydrogens (tertiary/aromatic N) is 2. The molecule has 0 saturated carbocycles. The van der Waals surface area contributed by atoms with E-state index in [0.717, 1.165) is 51.7 Å². The summed E-state index contributed by atoms with van der Waals surface area (Å²) in [7, 11) is 5.99. The molecule has 25 heavy (non-hydrogen) atoms. The third-order valence-electron chi connectivity index (χ3n) is 4.35. The van der Waals surface area contributed by atoms with Crippen LogP contribution in [-0.2, 0) is 9.47 Å². The largest absolute Gasteiger partial charge is 0.379 e. The molecule has 1 saturated heterocycles. The highest BCUT2D eigenvalue weighted by atomic mass is 16.5. The van der Waals surface area contributed by atoms with Crippen LogP contribution >= 0.6 is 0 Å². The first kappa shape index (κ1) is 19.7. The lowest BCUT2D eigenvalue weighted by molar-refractivity contribution is 0.0420. The summed E-state index contributed by atoms with van der Waals surface area (Å²) in [4.78, 5) is 6.52. The van der Waals surface area contributed by atoms with Gasteiger partial charge in [0, 0.05) is 33.4 Å². The van der Waals surface area contributed by atoms with Crippen LogP contribution in [0.5, 0.6) is 0 Å². The predicted molar refractivity (Wildman–Crippen MR) is 102 cm³/mol. The number of benzene rings is 1. The molecule has 1 aliphatic heterocycles. The molecular formula is C19H32N4O2. The molecule has 2 unspecified atom stereocenters. The Balaban J connectivity index is 1.67. The van der Waals surface area contributed by atoms with Crippen molar-refractivity contribution in [2.45, 2.75) is 25.0 Å². The molecule has 0 amide bonds. The minimum Gasteiger partial charge on any atom is -0.379 e. The number of aliphatic imine (C=N–C) groups is 1. The van der Waals surface area contributed by atoms with Gasteiger partial charge in [0.05, 0.1) is 18.8 Å². The Kier molecular flexibility index (Phi) is 8.72. The van der Waals surface area contributed by atoms with E-state index >= 15 is 0 Å². The van der Waals surface area contributed by atoms with E-state index in [9.17, 15) is 0 Å². The van der Waals surface area contributed by atoms with E-state index in [1.165, 1.54) is 5.56 Å². The van der Waals surface area contributed by atoms with Crippen LogP contribution in [0.25, 0.3) is 0 Å². The summed E-state index contributed by atoms with van der Waals surface area (Å²) in [6.07, 6.45) is 2.25. The first-order valence-electron chi connectivity index (χ1n) is 9.06. The Labute approximate surface area is 151 Å². The third kappa shape index (κ3) is 7.02. The van der Waals surface area contributed by atoms with Crippen LogP contribution in [0.1, 0.15) is 24.4 Å². The van der Waals surface area contributed by atoms with Crippen molar-refractivity contribution in [1.82, 2.24) is 15.5 Å². The molecule has 0 aromatic heterocycles. The predicted octanol–water partition coefficient (Wildman–Crippen LogP) is 1.65. The van der Waals surface area contributed by atoms with Crippen molar-refractivity contribution in [3.8, 4) is 0 Å². The zero-order chi connectivity index (χ0) is 17.9. The molecule has 1 heterocycles. The van der Waals surface area contributed by atoms with E-state index in [4.69, 9.17) is 9.47 Å². The number of ether oxygens (including phenoxy) is 2. The lowest BCUT2D eigenvalue weighted by Crippen LogP contribution is -2.42. The van der Waals surface area contributed by atoms with Crippen molar-refractivity contribution in [3.63, 3.8) is 0 Å². The third-order valence-corrected chi connectivity index (χ3v) is 4.35. The Hall–Kier alpha value is -1.63. The average Bonchev–Trinajstić information content (AvgIpc) is 3.14. The van der Waals surface area contributed by atoms with E-state index in [2.05, 4.69) is 58.9 Å². The molecule has 1 aromatic rings. The van der Waals surface area contributed by atoms with Crippen molar-refractivity contribution in [3.05, 3.63) is 35.9 Å². The van der Waals surface area contributed by atoms with E-state index in [1.807, 2.05) is 6.07 Å². The van der Waals surface area contributed by atoms with Crippen molar-refractivity contribution >= 4 is 5.96 Å². The van der Waals surface area contributed by atoms with Crippen LogP contribution < -0.4 is 10.6 Å². The smallest absolute Gasteiger partial charge is 0.191 e. The molecule has 0 radical (unpaired) electrons. The van der Waals surface area contributed by atoms with Crippen LogP contribution in [0.15, 0.2) is 35.3 Å². The van der Waals surface area contributed by atoms with Crippen LogP contribution in [-0.4, -0.2) is 71.0 Å². The Morgan fingerprint density at radius 3 is 2.76 bits per heavy atom. The molecule has 0 spiro atoms. The van der Waals surface area contributed by atoms with Gasteiger partial charge in [-0.2, -0.15) is 0 Å². The van der Waals surface area contributed by atoms with Gasteiger partial charge in [-0.25, -0.2) is 0 Å². The topological polar surface area (TPSA) is 58.1 Å². The van der Waals surface area contributed by atoms with Crippen molar-refractivity contribution in [2.75, 3.05) is 54.1 Å². The molecule has 1 fully saturated rings. The van der Waals surface area contributed by atoms with Gasteiger partial charge in [0.25, 0.3) is 0 Å². The maximum absolute atomic E-state index is 5.77. The second-order valence-electron chi connectivity index (χ2n) is 6.48. The molecule has 6 nitrogen and oxygen atoms in total. The van der Waals surface area contributed by atoms with Crippen molar-refractivity contribution < 1.29 is 9.47 Å². The van der Waals surface area contributed by atoms with Gasteiger partial charge >= 0.3 is 0 Å². The molecule has 0 bridgehead atoms. The highest BCUT2D eigenvalue weighted by molar-refractivity contribution is 5.79. The Morgan fingerprint density at radius 2 is 2.12 bits per heavy atom. The zero-order valence-corrected chi connectivity index (χ0v) is 15.7. The summed E-state index contributed by atoms with van der Waals surface area (Å²) in [5.74, 6) is 0.826. The maximum Gasteiger partial charge on any atom is 0.191 e. The average molecular weight is 348 g/mol. The van der Waals surface area contributed by atoms with Crippen LogP contribution in [0.2, 0.25) is 0 Å². The highest BCUT2D eigenvalue weighted by Crippen LogP contribution is 2.16. The molecule has 2 N–H and O–H groups in total. The van der Waals surface area contributed by atoms with Crippen molar-refractivity contribution in [1.29, 1.82) is 0 Å². The first-order chi connectivity index (χ1) is 12.2. The van der Waals surface area contributed by atoms with Crippen molar-refractivity contribution in [2.24, 2.45) is 4.99 Å². The molecular weight excluding hydrogens is 316 g/mol. The fourth-order valence-corrected chi connectivity index (χ4v) is 2.86.